The highest BCUT2D eigenvalue weighted by atomic mass is 79.9. The van der Waals surface area contributed by atoms with Crippen molar-refractivity contribution in [3.63, 3.8) is 0 Å². The summed E-state index contributed by atoms with van der Waals surface area (Å²) in [6.45, 7) is 0.649. The molecule has 0 unspecified atom stereocenters. The molecular weight excluding hydrogens is 248 g/mol. The van der Waals surface area contributed by atoms with Crippen LogP contribution in [0.2, 0.25) is 0 Å². The van der Waals surface area contributed by atoms with Gasteiger partial charge in [-0.2, -0.15) is 0 Å². The van der Waals surface area contributed by atoms with E-state index in [1.54, 1.807) is 18.8 Å². The van der Waals surface area contributed by atoms with Crippen LogP contribution in [-0.4, -0.2) is 15.8 Å². The second-order valence-corrected chi connectivity index (χ2v) is 3.63. The molecule has 0 fully saturated rings. The molecule has 0 saturated heterocycles. The van der Waals surface area contributed by atoms with E-state index in [1.165, 1.54) is 0 Å². The molecule has 72 valence electrons. The number of nitrogens with zero attached hydrogens (tertiary/aromatic N) is 2. The molecule has 4 nitrogen and oxygen atoms in total. The summed E-state index contributed by atoms with van der Waals surface area (Å²) in [6, 6.07) is 1.88. The molecule has 0 aromatic carbocycles. The van der Waals surface area contributed by atoms with Gasteiger partial charge in [-0.15, -0.1) is 0 Å². The summed E-state index contributed by atoms with van der Waals surface area (Å²) in [7, 11) is 0. The molecule has 0 aliphatic rings. The van der Waals surface area contributed by atoms with Crippen LogP contribution in [0.1, 0.15) is 16.1 Å². The van der Waals surface area contributed by atoms with E-state index in [9.17, 15) is 4.79 Å². The smallest absolute Gasteiger partial charge is 0.169 e. The first-order valence-electron chi connectivity index (χ1n) is 3.98. The predicted octanol–water partition coefficient (Wildman–Crippen LogP) is 2.10. The van der Waals surface area contributed by atoms with E-state index in [0.717, 1.165) is 11.8 Å². The molecular formula is C9H7BrN2O2. The maximum Gasteiger partial charge on any atom is 0.169 e. The molecule has 2 aromatic rings. The van der Waals surface area contributed by atoms with Crippen molar-refractivity contribution in [3.05, 3.63) is 40.8 Å². The lowest BCUT2D eigenvalue weighted by molar-refractivity contribution is 0.111. The quantitative estimate of drug-likeness (QED) is 0.789. The SMILES string of the molecule is O=Cc1cn(Cc2coc(Br)c2)cn1. The average Bonchev–Trinajstić information content (AvgIpc) is 2.76. The zero-order valence-corrected chi connectivity index (χ0v) is 8.77. The van der Waals surface area contributed by atoms with Gasteiger partial charge in [0.2, 0.25) is 0 Å². The molecule has 0 aliphatic carbocycles. The molecule has 2 heterocycles. The Bertz CT molecular complexity index is 447. The summed E-state index contributed by atoms with van der Waals surface area (Å²) in [6.07, 6.45) is 5.69. The zero-order valence-electron chi connectivity index (χ0n) is 7.18. The van der Waals surface area contributed by atoms with Gasteiger partial charge in [-0.3, -0.25) is 4.79 Å². The summed E-state index contributed by atoms with van der Waals surface area (Å²) < 4.78 is 7.60. The Hall–Kier alpha value is -1.36. The van der Waals surface area contributed by atoms with E-state index < -0.39 is 0 Å². The van der Waals surface area contributed by atoms with Crippen LogP contribution < -0.4 is 0 Å². The molecule has 0 atom stereocenters. The third kappa shape index (κ3) is 1.93. The van der Waals surface area contributed by atoms with Gasteiger partial charge >= 0.3 is 0 Å². The Kier molecular flexibility index (Phi) is 2.49. The minimum atomic E-state index is 0.438. The Labute approximate surface area is 88.7 Å². The standard InChI is InChI=1S/C9H7BrN2O2/c10-9-1-7(5-14-9)2-12-3-8(4-13)11-6-12/h1,3-6H,2H2. The van der Waals surface area contributed by atoms with Gasteiger partial charge in [0.05, 0.1) is 19.1 Å². The lowest BCUT2D eigenvalue weighted by Crippen LogP contribution is -1.94. The van der Waals surface area contributed by atoms with E-state index in [2.05, 4.69) is 20.9 Å². The highest BCUT2D eigenvalue weighted by Gasteiger charge is 2.01. The normalized spacial score (nSPS) is 10.4. The van der Waals surface area contributed by atoms with Crippen LogP contribution in [0.25, 0.3) is 0 Å². The summed E-state index contributed by atoms with van der Waals surface area (Å²) in [5.41, 5.74) is 1.46. The van der Waals surface area contributed by atoms with E-state index >= 15 is 0 Å². The number of aldehydes is 1. The van der Waals surface area contributed by atoms with Crippen molar-refractivity contribution in [1.82, 2.24) is 9.55 Å². The fourth-order valence-corrected chi connectivity index (χ4v) is 1.55. The topological polar surface area (TPSA) is 48.0 Å². The average molecular weight is 255 g/mol. The number of carbonyl (C=O) groups excluding carboxylic acids is 1. The van der Waals surface area contributed by atoms with Crippen molar-refractivity contribution in [3.8, 4) is 0 Å². The van der Waals surface area contributed by atoms with Crippen molar-refractivity contribution >= 4 is 22.2 Å². The number of carbonyl (C=O) groups is 1. The number of halogens is 1. The Morgan fingerprint density at radius 1 is 1.64 bits per heavy atom. The number of furan rings is 1. The van der Waals surface area contributed by atoms with Crippen LogP contribution in [0.4, 0.5) is 0 Å². The Morgan fingerprint density at radius 2 is 2.50 bits per heavy atom. The molecule has 0 aliphatic heterocycles. The molecule has 0 spiro atoms. The number of aromatic nitrogens is 2. The molecule has 0 saturated carbocycles. The molecule has 0 bridgehead atoms. The number of imidazole rings is 1. The van der Waals surface area contributed by atoms with Crippen molar-refractivity contribution in [2.45, 2.75) is 6.54 Å². The highest BCUT2D eigenvalue weighted by Crippen LogP contribution is 2.14. The molecule has 0 radical (unpaired) electrons. The van der Waals surface area contributed by atoms with Crippen molar-refractivity contribution in [2.24, 2.45) is 0 Å². The van der Waals surface area contributed by atoms with Crippen LogP contribution >= 0.6 is 15.9 Å². The molecule has 0 amide bonds. The Balaban J connectivity index is 2.14. The fourth-order valence-electron chi connectivity index (χ4n) is 1.16. The number of hydrogen-bond donors (Lipinski definition) is 0. The van der Waals surface area contributed by atoms with Gasteiger partial charge in [-0.1, -0.05) is 0 Å². The first-order valence-corrected chi connectivity index (χ1v) is 4.77. The molecule has 0 N–H and O–H groups in total. The summed E-state index contributed by atoms with van der Waals surface area (Å²) in [5.74, 6) is 0. The molecule has 2 aromatic heterocycles. The van der Waals surface area contributed by atoms with Crippen LogP contribution in [-0.2, 0) is 6.54 Å². The largest absolute Gasteiger partial charge is 0.457 e. The van der Waals surface area contributed by atoms with Crippen molar-refractivity contribution in [2.75, 3.05) is 0 Å². The van der Waals surface area contributed by atoms with Gasteiger partial charge in [-0.05, 0) is 22.0 Å². The lowest BCUT2D eigenvalue weighted by atomic mass is 10.3. The van der Waals surface area contributed by atoms with Crippen molar-refractivity contribution < 1.29 is 9.21 Å². The minimum Gasteiger partial charge on any atom is -0.457 e. The summed E-state index contributed by atoms with van der Waals surface area (Å²) >= 11 is 3.22. The molecule has 2 rings (SSSR count). The first kappa shape index (κ1) is 9.21. The van der Waals surface area contributed by atoms with E-state index in [-0.39, 0.29) is 0 Å². The van der Waals surface area contributed by atoms with Gasteiger partial charge < -0.3 is 8.98 Å². The molecule has 14 heavy (non-hydrogen) atoms. The molecule has 5 heteroatoms. The number of hydrogen-bond acceptors (Lipinski definition) is 3. The second-order valence-electron chi connectivity index (χ2n) is 2.85. The van der Waals surface area contributed by atoms with Crippen LogP contribution in [0.15, 0.2) is 33.9 Å². The monoisotopic (exact) mass is 254 g/mol. The van der Waals surface area contributed by atoms with Gasteiger partial charge in [0.15, 0.2) is 11.0 Å². The van der Waals surface area contributed by atoms with E-state index in [1.807, 2.05) is 10.6 Å². The maximum atomic E-state index is 10.4. The lowest BCUT2D eigenvalue weighted by Gasteiger charge is -1.95. The Morgan fingerprint density at radius 3 is 3.07 bits per heavy atom. The van der Waals surface area contributed by atoms with Crippen LogP contribution in [0, 0.1) is 0 Å². The maximum absolute atomic E-state index is 10.4. The first-order chi connectivity index (χ1) is 6.78. The third-order valence-corrected chi connectivity index (χ3v) is 2.18. The summed E-state index contributed by atoms with van der Waals surface area (Å²) in [5, 5.41) is 0. The van der Waals surface area contributed by atoms with E-state index in [4.69, 9.17) is 4.42 Å². The van der Waals surface area contributed by atoms with Gasteiger partial charge in [0.25, 0.3) is 0 Å². The van der Waals surface area contributed by atoms with Crippen LogP contribution in [0.3, 0.4) is 0 Å². The van der Waals surface area contributed by atoms with Gasteiger partial charge in [0.1, 0.15) is 5.69 Å². The minimum absolute atomic E-state index is 0.438. The zero-order chi connectivity index (χ0) is 9.97. The number of rotatable bonds is 3. The van der Waals surface area contributed by atoms with Crippen LogP contribution in [0.5, 0.6) is 0 Å². The van der Waals surface area contributed by atoms with Gasteiger partial charge in [0, 0.05) is 11.8 Å². The van der Waals surface area contributed by atoms with Gasteiger partial charge in [-0.25, -0.2) is 4.98 Å². The third-order valence-electron chi connectivity index (χ3n) is 1.76. The second kappa shape index (κ2) is 3.79. The van der Waals surface area contributed by atoms with Crippen molar-refractivity contribution in [1.29, 1.82) is 0 Å². The highest BCUT2D eigenvalue weighted by molar-refractivity contribution is 9.10. The van der Waals surface area contributed by atoms with E-state index in [0.29, 0.717) is 16.9 Å². The predicted molar refractivity (Wildman–Crippen MR) is 53.1 cm³/mol. The summed E-state index contributed by atoms with van der Waals surface area (Å²) in [4.78, 5) is 14.3. The fraction of sp³-hybridized carbons (Fsp3) is 0.111.